The van der Waals surface area contributed by atoms with Crippen molar-refractivity contribution in [1.29, 1.82) is 0 Å². The first kappa shape index (κ1) is 15.9. The number of nitrogens with zero attached hydrogens (tertiary/aromatic N) is 1. The average Bonchev–Trinajstić information content (AvgIpc) is 2.37. The van der Waals surface area contributed by atoms with Gasteiger partial charge in [-0.15, -0.1) is 0 Å². The molecule has 0 fully saturated rings. The average molecular weight is 279 g/mol. The minimum atomic E-state index is 0.303. The van der Waals surface area contributed by atoms with E-state index < -0.39 is 0 Å². The Morgan fingerprint density at radius 1 is 1.37 bits per heavy atom. The lowest BCUT2D eigenvalue weighted by molar-refractivity contribution is 0.342. The van der Waals surface area contributed by atoms with E-state index in [1.165, 1.54) is 25.7 Å². The van der Waals surface area contributed by atoms with Crippen molar-refractivity contribution < 1.29 is 0 Å². The molecule has 0 aliphatic carbocycles. The predicted octanol–water partition coefficient (Wildman–Crippen LogP) is 3.73. The zero-order valence-electron chi connectivity index (χ0n) is 12.2. The molecule has 106 valence electrons. The predicted molar refractivity (Wildman–Crippen MR) is 86.5 cm³/mol. The first-order chi connectivity index (χ1) is 8.94. The minimum absolute atomic E-state index is 0.303. The van der Waals surface area contributed by atoms with Crippen LogP contribution >= 0.6 is 12.2 Å². The molecule has 3 N–H and O–H groups in total. The van der Waals surface area contributed by atoms with Gasteiger partial charge in [0.2, 0.25) is 0 Å². The van der Waals surface area contributed by atoms with Crippen LogP contribution in [0.15, 0.2) is 18.3 Å². The summed E-state index contributed by atoms with van der Waals surface area (Å²) in [5.74, 6) is 0. The van der Waals surface area contributed by atoms with Gasteiger partial charge in [-0.3, -0.25) is 4.98 Å². The molecule has 0 aromatic carbocycles. The van der Waals surface area contributed by atoms with Gasteiger partial charge in [0.1, 0.15) is 4.99 Å². The Labute approximate surface area is 122 Å². The molecule has 3 nitrogen and oxygen atoms in total. The van der Waals surface area contributed by atoms with E-state index >= 15 is 0 Å². The minimum Gasteiger partial charge on any atom is -0.388 e. The number of anilines is 1. The van der Waals surface area contributed by atoms with Crippen LogP contribution in [0.3, 0.4) is 0 Å². The molecule has 0 spiro atoms. The van der Waals surface area contributed by atoms with Crippen LogP contribution in [-0.4, -0.2) is 16.5 Å². The summed E-state index contributed by atoms with van der Waals surface area (Å²) < 4.78 is 0. The van der Waals surface area contributed by atoms with Crippen LogP contribution in [0.1, 0.15) is 52.1 Å². The van der Waals surface area contributed by atoms with Gasteiger partial charge in [0.25, 0.3) is 0 Å². The summed E-state index contributed by atoms with van der Waals surface area (Å²) in [7, 11) is 0. The van der Waals surface area contributed by atoms with Gasteiger partial charge in [0, 0.05) is 6.54 Å². The molecular weight excluding hydrogens is 254 g/mol. The van der Waals surface area contributed by atoms with Gasteiger partial charge in [-0.1, -0.05) is 52.3 Å². The number of hydrogen-bond donors (Lipinski definition) is 2. The molecule has 0 bridgehead atoms. The zero-order valence-corrected chi connectivity index (χ0v) is 13.0. The Bertz CT molecular complexity index is 398. The Balaban J connectivity index is 2.44. The van der Waals surface area contributed by atoms with E-state index in [0.717, 1.165) is 12.2 Å². The number of nitrogens with one attached hydrogen (secondary N) is 1. The number of hydrogen-bond acceptors (Lipinski definition) is 3. The third-order valence-electron chi connectivity index (χ3n) is 3.24. The first-order valence-corrected chi connectivity index (χ1v) is 7.35. The summed E-state index contributed by atoms with van der Waals surface area (Å²) in [6.07, 6.45) is 6.91. The van der Waals surface area contributed by atoms with Gasteiger partial charge in [-0.25, -0.2) is 0 Å². The summed E-state index contributed by atoms with van der Waals surface area (Å²) in [5, 5.41) is 3.43. The number of thiocarbonyl (C=S) groups is 1. The molecular formula is C15H25N3S. The Hall–Kier alpha value is -1.16. The third-order valence-corrected chi connectivity index (χ3v) is 3.45. The van der Waals surface area contributed by atoms with Gasteiger partial charge >= 0.3 is 0 Å². The van der Waals surface area contributed by atoms with Gasteiger partial charge in [0.15, 0.2) is 0 Å². The summed E-state index contributed by atoms with van der Waals surface area (Å²) in [6, 6.07) is 3.83. The van der Waals surface area contributed by atoms with Crippen LogP contribution in [-0.2, 0) is 0 Å². The van der Waals surface area contributed by atoms with E-state index in [2.05, 4.69) is 31.1 Å². The van der Waals surface area contributed by atoms with Crippen molar-refractivity contribution in [3.05, 3.63) is 24.0 Å². The smallest absolute Gasteiger partial charge is 0.122 e. The number of rotatable bonds is 8. The second-order valence-corrected chi connectivity index (χ2v) is 6.21. The standard InChI is InChI=1S/C15H25N3S/c1-4-5-6-9-15(2,3)11-18-12-7-8-13(14(16)19)17-10-12/h7-8,10,18H,4-6,9,11H2,1-3H3,(H2,16,19). The van der Waals surface area contributed by atoms with Gasteiger partial charge in [-0.2, -0.15) is 0 Å². The van der Waals surface area contributed by atoms with E-state index in [1.54, 1.807) is 6.20 Å². The van der Waals surface area contributed by atoms with Crippen molar-refractivity contribution in [2.24, 2.45) is 11.1 Å². The largest absolute Gasteiger partial charge is 0.388 e. The molecule has 1 aromatic rings. The van der Waals surface area contributed by atoms with Crippen molar-refractivity contribution in [2.75, 3.05) is 11.9 Å². The van der Waals surface area contributed by atoms with Gasteiger partial charge < -0.3 is 11.1 Å². The van der Waals surface area contributed by atoms with E-state index in [9.17, 15) is 0 Å². The molecule has 4 heteroatoms. The summed E-state index contributed by atoms with van der Waals surface area (Å²) in [6.45, 7) is 7.78. The maximum atomic E-state index is 5.52. The second-order valence-electron chi connectivity index (χ2n) is 5.77. The van der Waals surface area contributed by atoms with Crippen molar-refractivity contribution in [1.82, 2.24) is 4.98 Å². The van der Waals surface area contributed by atoms with Gasteiger partial charge in [-0.05, 0) is 24.0 Å². The quantitative estimate of drug-likeness (QED) is 0.562. The Morgan fingerprint density at radius 2 is 2.11 bits per heavy atom. The molecule has 0 amide bonds. The highest BCUT2D eigenvalue weighted by Gasteiger charge is 2.16. The second kappa shape index (κ2) is 7.43. The van der Waals surface area contributed by atoms with Gasteiger partial charge in [0.05, 0.1) is 17.6 Å². The molecule has 1 rings (SSSR count). The lowest BCUT2D eigenvalue weighted by Gasteiger charge is -2.25. The van der Waals surface area contributed by atoms with Crippen LogP contribution in [0, 0.1) is 5.41 Å². The monoisotopic (exact) mass is 279 g/mol. The molecule has 0 saturated carbocycles. The molecule has 0 unspecified atom stereocenters. The number of nitrogens with two attached hydrogens (primary N) is 1. The molecule has 0 radical (unpaired) electrons. The molecule has 19 heavy (non-hydrogen) atoms. The maximum absolute atomic E-state index is 5.52. The van der Waals surface area contributed by atoms with Crippen molar-refractivity contribution in [3.63, 3.8) is 0 Å². The van der Waals surface area contributed by atoms with Crippen LogP contribution < -0.4 is 11.1 Å². The fraction of sp³-hybridized carbons (Fsp3) is 0.600. The van der Waals surface area contributed by atoms with E-state index in [0.29, 0.717) is 16.1 Å². The van der Waals surface area contributed by atoms with Crippen LogP contribution in [0.4, 0.5) is 5.69 Å². The Morgan fingerprint density at radius 3 is 2.63 bits per heavy atom. The highest BCUT2D eigenvalue weighted by molar-refractivity contribution is 7.80. The maximum Gasteiger partial charge on any atom is 0.122 e. The number of unbranched alkanes of at least 4 members (excludes halogenated alkanes) is 2. The molecule has 0 aliphatic rings. The molecule has 0 atom stereocenters. The Kier molecular flexibility index (Phi) is 6.22. The van der Waals surface area contributed by atoms with Crippen molar-refractivity contribution in [3.8, 4) is 0 Å². The normalized spacial score (nSPS) is 11.3. The topological polar surface area (TPSA) is 50.9 Å². The number of pyridine rings is 1. The van der Waals surface area contributed by atoms with Crippen LogP contribution in [0.2, 0.25) is 0 Å². The number of aromatic nitrogens is 1. The SMILES string of the molecule is CCCCCC(C)(C)CNc1ccc(C(N)=S)nc1. The molecule has 1 aromatic heterocycles. The third kappa shape index (κ3) is 6.01. The molecule has 0 saturated heterocycles. The van der Waals surface area contributed by atoms with Crippen molar-refractivity contribution >= 4 is 22.9 Å². The van der Waals surface area contributed by atoms with E-state index in [-0.39, 0.29) is 0 Å². The fourth-order valence-electron chi connectivity index (χ4n) is 1.93. The van der Waals surface area contributed by atoms with E-state index in [1.807, 2.05) is 12.1 Å². The fourth-order valence-corrected chi connectivity index (χ4v) is 2.05. The van der Waals surface area contributed by atoms with Crippen LogP contribution in [0.25, 0.3) is 0 Å². The summed E-state index contributed by atoms with van der Waals surface area (Å²) in [4.78, 5) is 4.56. The molecule has 0 aliphatic heterocycles. The highest BCUT2D eigenvalue weighted by Crippen LogP contribution is 2.24. The molecule has 1 heterocycles. The van der Waals surface area contributed by atoms with Crippen LogP contribution in [0.5, 0.6) is 0 Å². The summed E-state index contributed by atoms with van der Waals surface area (Å²) >= 11 is 4.88. The highest BCUT2D eigenvalue weighted by atomic mass is 32.1. The lowest BCUT2D eigenvalue weighted by Crippen LogP contribution is -2.23. The van der Waals surface area contributed by atoms with Crippen molar-refractivity contribution in [2.45, 2.75) is 46.5 Å². The summed E-state index contributed by atoms with van der Waals surface area (Å²) in [5.41, 5.74) is 7.51. The van der Waals surface area contributed by atoms with E-state index in [4.69, 9.17) is 18.0 Å². The lowest BCUT2D eigenvalue weighted by atomic mass is 9.87. The first-order valence-electron chi connectivity index (χ1n) is 6.94. The zero-order chi connectivity index (χ0) is 14.3.